The van der Waals surface area contributed by atoms with Gasteiger partial charge in [-0.05, 0) is 24.1 Å². The number of halogens is 3. The maximum Gasteiger partial charge on any atom is 0.451 e. The Hall–Kier alpha value is -2.16. The lowest BCUT2D eigenvalue weighted by molar-refractivity contribution is -0.147. The minimum Gasteiger partial charge on any atom is -0.347 e. The van der Waals surface area contributed by atoms with Crippen LogP contribution in [0, 0.1) is 6.92 Å². The fourth-order valence-corrected chi connectivity index (χ4v) is 2.52. The summed E-state index contributed by atoms with van der Waals surface area (Å²) in [5.74, 6) is 0.0585. The van der Waals surface area contributed by atoms with Crippen LogP contribution in [0.2, 0.25) is 0 Å². The van der Waals surface area contributed by atoms with Crippen LogP contribution in [0.4, 0.5) is 19.0 Å². The van der Waals surface area contributed by atoms with Gasteiger partial charge < -0.3 is 15.2 Å². The lowest BCUT2D eigenvalue weighted by atomic mass is 10.1. The first-order chi connectivity index (χ1) is 10.4. The fraction of sp³-hybridized carbons (Fsp3) is 0.462. The number of nitrogens with zero attached hydrogens (tertiary/aromatic N) is 5. The van der Waals surface area contributed by atoms with E-state index in [1.54, 1.807) is 6.20 Å². The number of aryl methyl sites for hydroxylation is 1. The van der Waals surface area contributed by atoms with Gasteiger partial charge in [0.15, 0.2) is 5.82 Å². The van der Waals surface area contributed by atoms with Crippen molar-refractivity contribution >= 4 is 5.82 Å². The Labute approximate surface area is 124 Å². The summed E-state index contributed by atoms with van der Waals surface area (Å²) < 4.78 is 39.5. The lowest BCUT2D eigenvalue weighted by Gasteiger charge is -2.29. The summed E-state index contributed by atoms with van der Waals surface area (Å²) in [7, 11) is 0. The van der Waals surface area contributed by atoms with E-state index in [1.807, 2.05) is 17.9 Å². The highest BCUT2D eigenvalue weighted by atomic mass is 19.4. The third-order valence-electron chi connectivity index (χ3n) is 3.76. The number of hydrogen-bond acceptors (Lipinski definition) is 5. The zero-order chi connectivity index (χ0) is 15.9. The van der Waals surface area contributed by atoms with Gasteiger partial charge in [-0.2, -0.15) is 13.2 Å². The maximum absolute atomic E-state index is 12.8. The van der Waals surface area contributed by atoms with Crippen molar-refractivity contribution in [3.05, 3.63) is 35.0 Å². The van der Waals surface area contributed by atoms with Crippen LogP contribution >= 0.6 is 0 Å². The van der Waals surface area contributed by atoms with Crippen LogP contribution in [-0.4, -0.2) is 26.3 Å². The average molecular weight is 312 g/mol. The van der Waals surface area contributed by atoms with Gasteiger partial charge in [0.1, 0.15) is 5.82 Å². The molecule has 0 saturated carbocycles. The van der Waals surface area contributed by atoms with Gasteiger partial charge in [0.2, 0.25) is 5.82 Å². The molecule has 0 unspecified atom stereocenters. The molecule has 1 aliphatic rings. The van der Waals surface area contributed by atoms with Crippen molar-refractivity contribution in [1.82, 2.24) is 19.7 Å². The van der Waals surface area contributed by atoms with Gasteiger partial charge in [0, 0.05) is 25.8 Å². The predicted octanol–water partition coefficient (Wildman–Crippen LogP) is 1.48. The van der Waals surface area contributed by atoms with Gasteiger partial charge in [-0.15, -0.1) is 10.2 Å². The molecule has 0 spiro atoms. The summed E-state index contributed by atoms with van der Waals surface area (Å²) in [4.78, 5) is 6.22. The highest BCUT2D eigenvalue weighted by Crippen LogP contribution is 2.30. The van der Waals surface area contributed by atoms with Gasteiger partial charge in [-0.25, -0.2) is 4.98 Å². The molecule has 2 aromatic rings. The second-order valence-electron chi connectivity index (χ2n) is 5.18. The minimum absolute atomic E-state index is 0.177. The molecule has 118 valence electrons. The maximum atomic E-state index is 12.8. The van der Waals surface area contributed by atoms with E-state index in [9.17, 15) is 13.2 Å². The first-order valence-electron chi connectivity index (χ1n) is 6.80. The van der Waals surface area contributed by atoms with Crippen LogP contribution in [0.3, 0.4) is 0 Å². The normalized spacial score (nSPS) is 15.0. The number of hydrogen-bond donors (Lipinski definition) is 1. The first kappa shape index (κ1) is 14.8. The van der Waals surface area contributed by atoms with Crippen molar-refractivity contribution in [2.45, 2.75) is 32.7 Å². The van der Waals surface area contributed by atoms with Gasteiger partial charge in [-0.1, -0.05) is 0 Å². The molecule has 22 heavy (non-hydrogen) atoms. The van der Waals surface area contributed by atoms with Gasteiger partial charge in [0.25, 0.3) is 0 Å². The topological polar surface area (TPSA) is 72.9 Å². The summed E-state index contributed by atoms with van der Waals surface area (Å²) in [6.45, 7) is 3.18. The fourth-order valence-electron chi connectivity index (χ4n) is 2.52. The molecule has 0 aromatic carbocycles. The number of pyridine rings is 1. The molecule has 3 rings (SSSR count). The van der Waals surface area contributed by atoms with E-state index < -0.39 is 12.0 Å². The lowest BCUT2D eigenvalue weighted by Crippen LogP contribution is -2.35. The van der Waals surface area contributed by atoms with E-state index in [0.29, 0.717) is 24.7 Å². The Balaban J connectivity index is 1.86. The van der Waals surface area contributed by atoms with Gasteiger partial charge >= 0.3 is 6.18 Å². The SMILES string of the molecule is Cc1cc(N2CCn3c(nnc3C(F)(F)F)C2)ncc1CN. The van der Waals surface area contributed by atoms with E-state index in [2.05, 4.69) is 15.2 Å². The molecule has 0 fully saturated rings. The van der Waals surface area contributed by atoms with E-state index in [-0.39, 0.29) is 13.1 Å². The Bertz CT molecular complexity index is 694. The first-order valence-corrected chi connectivity index (χ1v) is 6.80. The number of aromatic nitrogens is 4. The number of nitrogens with two attached hydrogens (primary N) is 1. The second kappa shape index (κ2) is 5.24. The monoisotopic (exact) mass is 312 g/mol. The van der Waals surface area contributed by atoms with Crippen LogP contribution in [0.1, 0.15) is 22.8 Å². The number of rotatable bonds is 2. The number of anilines is 1. The summed E-state index contributed by atoms with van der Waals surface area (Å²) in [6, 6.07) is 1.89. The molecule has 3 heterocycles. The van der Waals surface area contributed by atoms with E-state index in [1.165, 1.54) is 0 Å². The molecule has 1 aliphatic heterocycles. The molecule has 0 amide bonds. The molecule has 2 aromatic heterocycles. The summed E-state index contributed by atoms with van der Waals surface area (Å²) >= 11 is 0. The molecular formula is C13H15F3N6. The van der Waals surface area contributed by atoms with Crippen LogP contribution < -0.4 is 10.6 Å². The molecule has 0 bridgehead atoms. The van der Waals surface area contributed by atoms with Gasteiger partial charge in [-0.3, -0.25) is 0 Å². The number of fused-ring (bicyclic) bond motifs is 1. The molecule has 2 N–H and O–H groups in total. The standard InChI is InChI=1S/C13H15F3N6/c1-8-4-10(18-6-9(8)5-17)21-2-3-22-11(7-21)19-20-12(22)13(14,15)16/h4,6H,2-3,5,7,17H2,1H3. The zero-order valence-corrected chi connectivity index (χ0v) is 11.9. The Kier molecular flexibility index (Phi) is 3.51. The zero-order valence-electron chi connectivity index (χ0n) is 11.9. The summed E-state index contributed by atoms with van der Waals surface area (Å²) in [5.41, 5.74) is 7.56. The minimum atomic E-state index is -4.48. The highest BCUT2D eigenvalue weighted by molar-refractivity contribution is 5.44. The molecular weight excluding hydrogens is 297 g/mol. The van der Waals surface area contributed by atoms with Crippen molar-refractivity contribution in [3.63, 3.8) is 0 Å². The van der Waals surface area contributed by atoms with E-state index in [0.717, 1.165) is 15.7 Å². The largest absolute Gasteiger partial charge is 0.451 e. The quantitative estimate of drug-likeness (QED) is 0.909. The second-order valence-corrected chi connectivity index (χ2v) is 5.18. The predicted molar refractivity (Wildman–Crippen MR) is 72.9 cm³/mol. The Morgan fingerprint density at radius 2 is 2.05 bits per heavy atom. The highest BCUT2D eigenvalue weighted by Gasteiger charge is 2.39. The van der Waals surface area contributed by atoms with Gasteiger partial charge in [0.05, 0.1) is 6.54 Å². The van der Waals surface area contributed by atoms with Crippen molar-refractivity contribution in [2.75, 3.05) is 11.4 Å². The molecule has 0 saturated heterocycles. The molecule has 0 atom stereocenters. The molecule has 9 heteroatoms. The van der Waals surface area contributed by atoms with Crippen LogP contribution in [0.5, 0.6) is 0 Å². The van der Waals surface area contributed by atoms with Crippen LogP contribution in [0.25, 0.3) is 0 Å². The van der Waals surface area contributed by atoms with Crippen molar-refractivity contribution in [3.8, 4) is 0 Å². The van der Waals surface area contributed by atoms with E-state index >= 15 is 0 Å². The number of alkyl halides is 3. The summed E-state index contributed by atoms with van der Waals surface area (Å²) in [6.07, 6.45) is -2.78. The van der Waals surface area contributed by atoms with Crippen molar-refractivity contribution in [2.24, 2.45) is 5.73 Å². The molecule has 0 radical (unpaired) electrons. The summed E-state index contributed by atoms with van der Waals surface area (Å²) in [5, 5.41) is 6.93. The third kappa shape index (κ3) is 2.52. The Morgan fingerprint density at radius 3 is 2.68 bits per heavy atom. The molecule has 0 aliphatic carbocycles. The third-order valence-corrected chi connectivity index (χ3v) is 3.76. The van der Waals surface area contributed by atoms with Crippen LogP contribution in [0.15, 0.2) is 12.3 Å². The molecule has 6 nitrogen and oxygen atoms in total. The van der Waals surface area contributed by atoms with Crippen molar-refractivity contribution in [1.29, 1.82) is 0 Å². The smallest absolute Gasteiger partial charge is 0.347 e. The Morgan fingerprint density at radius 1 is 1.27 bits per heavy atom. The van der Waals surface area contributed by atoms with Crippen LogP contribution in [-0.2, 0) is 25.8 Å². The van der Waals surface area contributed by atoms with E-state index in [4.69, 9.17) is 5.73 Å². The average Bonchev–Trinajstić information content (AvgIpc) is 2.90. The van der Waals surface area contributed by atoms with Crippen molar-refractivity contribution < 1.29 is 13.2 Å².